The van der Waals surface area contributed by atoms with E-state index in [-0.39, 0.29) is 17.9 Å². The summed E-state index contributed by atoms with van der Waals surface area (Å²) in [5, 5.41) is 13.9. The summed E-state index contributed by atoms with van der Waals surface area (Å²) in [6.45, 7) is 4.36. The molecule has 5 heteroatoms. The topological polar surface area (TPSA) is 65.1 Å². The fourth-order valence-corrected chi connectivity index (χ4v) is 2.67. The van der Waals surface area contributed by atoms with Gasteiger partial charge in [0.25, 0.3) is 0 Å². The summed E-state index contributed by atoms with van der Waals surface area (Å²) in [5.74, 6) is 0.249. The number of carbonyl (C=O) groups is 1. The van der Waals surface area contributed by atoms with Gasteiger partial charge in [0.05, 0.1) is 12.5 Å². The van der Waals surface area contributed by atoms with Crippen LogP contribution in [-0.2, 0) is 11.2 Å². The average molecular weight is 309 g/mol. The number of hydrogen-bond acceptors (Lipinski definition) is 2. The van der Waals surface area contributed by atoms with Crippen molar-refractivity contribution in [1.29, 1.82) is 0 Å². The van der Waals surface area contributed by atoms with E-state index in [1.54, 1.807) is 6.92 Å². The van der Waals surface area contributed by atoms with Gasteiger partial charge in [-0.05, 0) is 37.0 Å². The molecule has 1 aromatic carbocycles. The maximum atomic E-state index is 12.0. The number of rotatable bonds is 6. The largest absolute Gasteiger partial charge is 0.393 e. The fraction of sp³-hybridized carbons (Fsp3) is 0.438. The molecule has 0 radical (unpaired) electrons. The molecule has 0 fully saturated rings. The molecule has 1 aromatic heterocycles. The van der Waals surface area contributed by atoms with Crippen LogP contribution in [0.25, 0.3) is 10.9 Å². The van der Waals surface area contributed by atoms with Gasteiger partial charge in [-0.1, -0.05) is 24.6 Å². The molecular weight excluding hydrogens is 288 g/mol. The van der Waals surface area contributed by atoms with Crippen molar-refractivity contribution in [3.8, 4) is 0 Å². The zero-order valence-corrected chi connectivity index (χ0v) is 13.1. The van der Waals surface area contributed by atoms with Crippen molar-refractivity contribution in [3.05, 3.63) is 35.0 Å². The molecule has 2 atom stereocenters. The van der Waals surface area contributed by atoms with Crippen LogP contribution in [0.5, 0.6) is 0 Å². The molecule has 0 aliphatic heterocycles. The quantitative estimate of drug-likeness (QED) is 0.768. The van der Waals surface area contributed by atoms with Gasteiger partial charge in [-0.25, -0.2) is 0 Å². The van der Waals surface area contributed by atoms with Crippen molar-refractivity contribution in [2.75, 3.05) is 6.54 Å². The Balaban J connectivity index is 1.92. The molecule has 0 spiro atoms. The van der Waals surface area contributed by atoms with Crippen molar-refractivity contribution in [1.82, 2.24) is 10.3 Å². The van der Waals surface area contributed by atoms with Crippen molar-refractivity contribution in [3.63, 3.8) is 0 Å². The van der Waals surface area contributed by atoms with Crippen LogP contribution in [0.4, 0.5) is 0 Å². The van der Waals surface area contributed by atoms with Crippen LogP contribution in [0, 0.1) is 5.92 Å². The Labute approximate surface area is 129 Å². The van der Waals surface area contributed by atoms with Crippen LogP contribution in [-0.4, -0.2) is 28.6 Å². The van der Waals surface area contributed by atoms with Crippen LogP contribution in [0.2, 0.25) is 5.02 Å². The number of benzene rings is 1. The number of amides is 1. The third-order valence-electron chi connectivity index (χ3n) is 3.47. The van der Waals surface area contributed by atoms with Gasteiger partial charge in [-0.3, -0.25) is 4.79 Å². The summed E-state index contributed by atoms with van der Waals surface area (Å²) in [5.41, 5.74) is 1.90. The second kappa shape index (κ2) is 6.96. The molecule has 0 saturated heterocycles. The lowest BCUT2D eigenvalue weighted by Crippen LogP contribution is -2.30. The Morgan fingerprint density at radius 3 is 2.90 bits per heavy atom. The van der Waals surface area contributed by atoms with Gasteiger partial charge in [0.2, 0.25) is 5.91 Å². The van der Waals surface area contributed by atoms with E-state index in [2.05, 4.69) is 10.3 Å². The third kappa shape index (κ3) is 4.48. The van der Waals surface area contributed by atoms with Gasteiger partial charge >= 0.3 is 0 Å². The SMILES string of the molecule is CC(O)CC(C)CNC(=O)Cc1c[nH]c2cc(Cl)ccc12. The molecule has 114 valence electrons. The molecule has 1 amide bonds. The molecule has 3 N–H and O–H groups in total. The minimum Gasteiger partial charge on any atom is -0.393 e. The second-order valence-corrected chi connectivity index (χ2v) is 6.11. The number of aliphatic hydroxyl groups excluding tert-OH is 1. The molecule has 1 heterocycles. The number of aliphatic hydroxyl groups is 1. The van der Waals surface area contributed by atoms with Crippen LogP contribution in [0.3, 0.4) is 0 Å². The van der Waals surface area contributed by atoms with Gasteiger partial charge in [0.15, 0.2) is 0 Å². The Morgan fingerprint density at radius 2 is 2.19 bits per heavy atom. The summed E-state index contributed by atoms with van der Waals surface area (Å²) in [7, 11) is 0. The van der Waals surface area contributed by atoms with Crippen molar-refractivity contribution in [2.24, 2.45) is 5.92 Å². The first kappa shape index (κ1) is 15.9. The van der Waals surface area contributed by atoms with Gasteiger partial charge in [0, 0.05) is 28.7 Å². The predicted molar refractivity (Wildman–Crippen MR) is 85.5 cm³/mol. The Bertz CT molecular complexity index is 622. The first-order valence-corrected chi connectivity index (χ1v) is 7.53. The Morgan fingerprint density at radius 1 is 1.43 bits per heavy atom. The summed E-state index contributed by atoms with van der Waals surface area (Å²) >= 11 is 5.94. The summed E-state index contributed by atoms with van der Waals surface area (Å²) in [6, 6.07) is 5.60. The number of halogens is 1. The van der Waals surface area contributed by atoms with Crippen molar-refractivity contribution >= 4 is 28.4 Å². The molecular formula is C16H21ClN2O2. The van der Waals surface area contributed by atoms with E-state index < -0.39 is 0 Å². The van der Waals surface area contributed by atoms with Gasteiger partial charge < -0.3 is 15.4 Å². The molecule has 4 nitrogen and oxygen atoms in total. The minimum atomic E-state index is -0.338. The average Bonchev–Trinajstić information content (AvgIpc) is 2.78. The molecule has 2 rings (SSSR count). The number of fused-ring (bicyclic) bond motifs is 1. The molecule has 2 aromatic rings. The van der Waals surface area contributed by atoms with E-state index in [9.17, 15) is 9.90 Å². The molecule has 0 aliphatic carbocycles. The molecule has 0 bridgehead atoms. The van der Waals surface area contributed by atoms with Gasteiger partial charge in [0.1, 0.15) is 0 Å². The van der Waals surface area contributed by atoms with E-state index in [4.69, 9.17) is 11.6 Å². The highest BCUT2D eigenvalue weighted by atomic mass is 35.5. The van der Waals surface area contributed by atoms with Gasteiger partial charge in [-0.15, -0.1) is 0 Å². The highest BCUT2D eigenvalue weighted by molar-refractivity contribution is 6.31. The fourth-order valence-electron chi connectivity index (χ4n) is 2.49. The summed E-state index contributed by atoms with van der Waals surface area (Å²) < 4.78 is 0. The number of nitrogens with one attached hydrogen (secondary N) is 2. The molecule has 0 aliphatic rings. The first-order chi connectivity index (χ1) is 9.95. The zero-order chi connectivity index (χ0) is 15.4. The number of H-pyrrole nitrogens is 1. The maximum Gasteiger partial charge on any atom is 0.224 e. The number of aromatic nitrogens is 1. The standard InChI is InChI=1S/C16H21ClN2O2/c1-10(5-11(2)20)8-19-16(21)6-12-9-18-15-7-13(17)3-4-14(12)15/h3-4,7,9-11,18,20H,5-6,8H2,1-2H3,(H,19,21). The summed E-state index contributed by atoms with van der Waals surface area (Å²) in [4.78, 5) is 15.1. The lowest BCUT2D eigenvalue weighted by Gasteiger charge is -2.14. The third-order valence-corrected chi connectivity index (χ3v) is 3.71. The lowest BCUT2D eigenvalue weighted by atomic mass is 10.0. The number of aromatic amines is 1. The zero-order valence-electron chi connectivity index (χ0n) is 12.3. The highest BCUT2D eigenvalue weighted by Crippen LogP contribution is 2.22. The van der Waals surface area contributed by atoms with E-state index in [1.807, 2.05) is 31.3 Å². The normalized spacial score (nSPS) is 14.1. The number of hydrogen-bond donors (Lipinski definition) is 3. The molecule has 2 unspecified atom stereocenters. The van der Waals surface area contributed by atoms with E-state index in [0.717, 1.165) is 16.5 Å². The smallest absolute Gasteiger partial charge is 0.224 e. The molecule has 0 saturated carbocycles. The first-order valence-electron chi connectivity index (χ1n) is 7.16. The van der Waals surface area contributed by atoms with Crippen LogP contribution < -0.4 is 5.32 Å². The van der Waals surface area contributed by atoms with Crippen molar-refractivity contribution < 1.29 is 9.90 Å². The summed E-state index contributed by atoms with van der Waals surface area (Å²) in [6.07, 6.45) is 2.53. The van der Waals surface area contributed by atoms with E-state index >= 15 is 0 Å². The van der Waals surface area contributed by atoms with E-state index in [0.29, 0.717) is 24.4 Å². The lowest BCUT2D eigenvalue weighted by molar-refractivity contribution is -0.120. The van der Waals surface area contributed by atoms with Crippen LogP contribution >= 0.6 is 11.6 Å². The monoisotopic (exact) mass is 308 g/mol. The van der Waals surface area contributed by atoms with Gasteiger partial charge in [-0.2, -0.15) is 0 Å². The maximum absolute atomic E-state index is 12.0. The van der Waals surface area contributed by atoms with E-state index in [1.165, 1.54) is 0 Å². The molecule has 21 heavy (non-hydrogen) atoms. The second-order valence-electron chi connectivity index (χ2n) is 5.67. The number of carbonyl (C=O) groups excluding carboxylic acids is 1. The predicted octanol–water partition coefficient (Wildman–Crippen LogP) is 2.89. The minimum absolute atomic E-state index is 0.0108. The Hall–Kier alpha value is -1.52. The highest BCUT2D eigenvalue weighted by Gasteiger charge is 2.11. The van der Waals surface area contributed by atoms with Crippen LogP contribution in [0.1, 0.15) is 25.8 Å². The van der Waals surface area contributed by atoms with Crippen LogP contribution in [0.15, 0.2) is 24.4 Å². The Kier molecular flexibility index (Phi) is 5.26. The van der Waals surface area contributed by atoms with Crippen molar-refractivity contribution in [2.45, 2.75) is 32.8 Å².